The summed E-state index contributed by atoms with van der Waals surface area (Å²) in [5.74, 6) is -0.962. The highest BCUT2D eigenvalue weighted by Crippen LogP contribution is 2.17. The fraction of sp³-hybridized carbons (Fsp3) is 0.158. The molecule has 0 bridgehead atoms. The van der Waals surface area contributed by atoms with E-state index in [1.807, 2.05) is 53.9 Å². The molecular formula is C19H19NO4S. The van der Waals surface area contributed by atoms with Gasteiger partial charge in [0.2, 0.25) is 0 Å². The molecule has 0 fully saturated rings. The summed E-state index contributed by atoms with van der Waals surface area (Å²) in [6, 6.07) is 11.4. The Kier molecular flexibility index (Phi) is 7.46. The molecule has 0 saturated carbocycles. The van der Waals surface area contributed by atoms with Gasteiger partial charge in [-0.2, -0.15) is 0 Å². The molecule has 2 N–H and O–H groups in total. The van der Waals surface area contributed by atoms with Crippen molar-refractivity contribution in [2.24, 2.45) is 0 Å². The number of carboxylic acids is 1. The number of aliphatic carboxylic acids is 1. The van der Waals surface area contributed by atoms with Crippen molar-refractivity contribution in [1.82, 2.24) is 5.32 Å². The van der Waals surface area contributed by atoms with Crippen LogP contribution in [0.2, 0.25) is 0 Å². The van der Waals surface area contributed by atoms with Gasteiger partial charge >= 0.3 is 12.1 Å². The van der Waals surface area contributed by atoms with Gasteiger partial charge < -0.3 is 15.2 Å². The van der Waals surface area contributed by atoms with Crippen LogP contribution in [0, 0.1) is 0 Å². The molecule has 0 atom stereocenters. The summed E-state index contributed by atoms with van der Waals surface area (Å²) >= 11 is 1.47. The lowest BCUT2D eigenvalue weighted by Crippen LogP contribution is -2.24. The van der Waals surface area contributed by atoms with Crippen LogP contribution in [0.25, 0.3) is 12.2 Å². The van der Waals surface area contributed by atoms with Crippen LogP contribution in [0.5, 0.6) is 0 Å². The Morgan fingerprint density at radius 1 is 1.20 bits per heavy atom. The third kappa shape index (κ3) is 7.50. The van der Waals surface area contributed by atoms with Crippen LogP contribution in [0.1, 0.15) is 22.4 Å². The maximum Gasteiger partial charge on any atom is 0.407 e. The topological polar surface area (TPSA) is 75.6 Å². The molecule has 0 spiro atoms. The third-order valence-electron chi connectivity index (χ3n) is 3.13. The second kappa shape index (κ2) is 10.1. The van der Waals surface area contributed by atoms with Crippen LogP contribution in [0.15, 0.2) is 53.9 Å². The second-order valence-corrected chi connectivity index (χ2v) is 6.08. The van der Waals surface area contributed by atoms with E-state index in [9.17, 15) is 9.59 Å². The van der Waals surface area contributed by atoms with E-state index < -0.39 is 12.1 Å². The Labute approximate surface area is 150 Å². The zero-order chi connectivity index (χ0) is 17.9. The van der Waals surface area contributed by atoms with Crippen molar-refractivity contribution < 1.29 is 19.4 Å². The maximum atomic E-state index is 11.6. The summed E-state index contributed by atoms with van der Waals surface area (Å²) in [5, 5.41) is 13.2. The average molecular weight is 357 g/mol. The number of ether oxygens (including phenoxy) is 1. The monoisotopic (exact) mass is 357 g/mol. The fourth-order valence-electron chi connectivity index (χ4n) is 1.95. The zero-order valence-corrected chi connectivity index (χ0v) is 14.4. The average Bonchev–Trinajstić information content (AvgIpc) is 3.06. The van der Waals surface area contributed by atoms with Crippen LogP contribution in [0.4, 0.5) is 4.79 Å². The van der Waals surface area contributed by atoms with Crippen LogP contribution in [-0.4, -0.2) is 23.7 Å². The molecule has 0 aliphatic rings. The number of carboxylic acid groups (broad SMARTS) is 1. The number of thiophene rings is 1. The number of hydrogen-bond acceptors (Lipinski definition) is 4. The maximum absolute atomic E-state index is 11.6. The van der Waals surface area contributed by atoms with E-state index in [-0.39, 0.29) is 6.61 Å². The molecule has 2 rings (SSSR count). The van der Waals surface area contributed by atoms with Crippen molar-refractivity contribution >= 4 is 35.6 Å². The number of benzene rings is 1. The predicted molar refractivity (Wildman–Crippen MR) is 99.3 cm³/mol. The van der Waals surface area contributed by atoms with Crippen molar-refractivity contribution in [3.63, 3.8) is 0 Å². The first kappa shape index (κ1) is 18.5. The molecule has 0 unspecified atom stereocenters. The Hall–Kier alpha value is -2.86. The van der Waals surface area contributed by atoms with Gasteiger partial charge in [0.05, 0.1) is 0 Å². The molecular weight excluding hydrogens is 338 g/mol. The Bertz CT molecular complexity index is 750. The predicted octanol–water partition coefficient (Wildman–Crippen LogP) is 4.18. The number of rotatable bonds is 8. The van der Waals surface area contributed by atoms with Crippen molar-refractivity contribution in [2.45, 2.75) is 13.0 Å². The van der Waals surface area contributed by atoms with Gasteiger partial charge in [0, 0.05) is 17.5 Å². The van der Waals surface area contributed by atoms with Crippen LogP contribution < -0.4 is 5.32 Å². The molecule has 0 aliphatic carbocycles. The molecule has 1 amide bonds. The van der Waals surface area contributed by atoms with Gasteiger partial charge in [0.1, 0.15) is 6.61 Å². The normalized spacial score (nSPS) is 11.0. The van der Waals surface area contributed by atoms with Gasteiger partial charge in [0.15, 0.2) is 0 Å². The first-order chi connectivity index (χ1) is 12.1. The Morgan fingerprint density at radius 3 is 2.76 bits per heavy atom. The minimum Gasteiger partial charge on any atom is -0.478 e. The summed E-state index contributed by atoms with van der Waals surface area (Å²) in [4.78, 5) is 22.9. The summed E-state index contributed by atoms with van der Waals surface area (Å²) in [7, 11) is 0. The molecule has 0 radical (unpaired) electrons. The van der Waals surface area contributed by atoms with Crippen molar-refractivity contribution in [2.75, 3.05) is 6.54 Å². The Morgan fingerprint density at radius 2 is 2.00 bits per heavy atom. The smallest absolute Gasteiger partial charge is 0.407 e. The van der Waals surface area contributed by atoms with Crippen molar-refractivity contribution in [3.8, 4) is 0 Å². The first-order valence-electron chi connectivity index (χ1n) is 7.74. The van der Waals surface area contributed by atoms with Crippen LogP contribution >= 0.6 is 11.3 Å². The minimum absolute atomic E-state index is 0.254. The lowest BCUT2D eigenvalue weighted by molar-refractivity contribution is -0.131. The van der Waals surface area contributed by atoms with E-state index in [1.54, 1.807) is 6.08 Å². The lowest BCUT2D eigenvalue weighted by atomic mass is 10.2. The molecule has 6 heteroatoms. The van der Waals surface area contributed by atoms with E-state index in [4.69, 9.17) is 9.84 Å². The number of alkyl carbamates (subject to hydrolysis) is 1. The summed E-state index contributed by atoms with van der Waals surface area (Å²) < 4.78 is 5.11. The van der Waals surface area contributed by atoms with Gasteiger partial charge in [-0.25, -0.2) is 9.59 Å². The number of carbonyl (C=O) groups excluding carboxylic acids is 1. The highest BCUT2D eigenvalue weighted by atomic mass is 32.1. The molecule has 0 saturated heterocycles. The summed E-state index contributed by atoms with van der Waals surface area (Å²) in [6.45, 7) is 0.740. The van der Waals surface area contributed by atoms with Gasteiger partial charge in [-0.3, -0.25) is 0 Å². The van der Waals surface area contributed by atoms with Crippen molar-refractivity contribution in [3.05, 3.63) is 69.9 Å². The highest BCUT2D eigenvalue weighted by Gasteiger charge is 2.00. The van der Waals surface area contributed by atoms with Gasteiger partial charge in [0.25, 0.3) is 0 Å². The van der Waals surface area contributed by atoms with Gasteiger partial charge in [-0.15, -0.1) is 11.3 Å². The van der Waals surface area contributed by atoms with E-state index in [1.165, 1.54) is 11.3 Å². The number of nitrogens with one attached hydrogen (secondary N) is 1. The summed E-state index contributed by atoms with van der Waals surface area (Å²) in [6.07, 6.45) is 6.81. The largest absolute Gasteiger partial charge is 0.478 e. The highest BCUT2D eigenvalue weighted by molar-refractivity contribution is 7.11. The second-order valence-electron chi connectivity index (χ2n) is 5.13. The number of amides is 1. The number of hydrogen-bond donors (Lipinski definition) is 2. The summed E-state index contributed by atoms with van der Waals surface area (Å²) in [5.41, 5.74) is 1.95. The van der Waals surface area contributed by atoms with E-state index in [0.29, 0.717) is 13.0 Å². The van der Waals surface area contributed by atoms with Gasteiger partial charge in [-0.1, -0.05) is 42.5 Å². The van der Waals surface area contributed by atoms with Crippen LogP contribution in [0.3, 0.4) is 0 Å². The van der Waals surface area contributed by atoms with Crippen molar-refractivity contribution in [1.29, 1.82) is 0 Å². The quantitative estimate of drug-likeness (QED) is 0.549. The lowest BCUT2D eigenvalue weighted by Gasteiger charge is -2.05. The molecule has 25 heavy (non-hydrogen) atoms. The first-order valence-corrected chi connectivity index (χ1v) is 8.62. The molecule has 0 aliphatic heterocycles. The molecule has 1 heterocycles. The SMILES string of the molecule is O=C(O)/C=C/c1cc(C=CCCNC(=O)OCc2ccccc2)cs1. The standard InChI is InChI=1S/C19H19NO4S/c21-18(22)10-9-17-12-16(14-25-17)8-4-5-11-20-19(23)24-13-15-6-2-1-3-7-15/h1-4,6-10,12,14H,5,11,13H2,(H,20,23)(H,21,22)/b8-4?,10-9+. The zero-order valence-electron chi connectivity index (χ0n) is 13.6. The van der Waals surface area contributed by atoms with E-state index in [2.05, 4.69) is 5.32 Å². The van der Waals surface area contributed by atoms with Gasteiger partial charge in [-0.05, 0) is 35.1 Å². The van der Waals surface area contributed by atoms with E-state index >= 15 is 0 Å². The van der Waals surface area contributed by atoms with E-state index in [0.717, 1.165) is 22.1 Å². The van der Waals surface area contributed by atoms with Crippen LogP contribution in [-0.2, 0) is 16.1 Å². The molecule has 130 valence electrons. The molecule has 5 nitrogen and oxygen atoms in total. The molecule has 1 aromatic carbocycles. The number of carbonyl (C=O) groups is 2. The third-order valence-corrected chi connectivity index (χ3v) is 4.05. The minimum atomic E-state index is -0.962. The fourth-order valence-corrected chi connectivity index (χ4v) is 2.72. The Balaban J connectivity index is 1.64. The molecule has 1 aromatic heterocycles. The molecule has 2 aromatic rings.